The summed E-state index contributed by atoms with van der Waals surface area (Å²) in [5.74, 6) is 0.685. The molecule has 0 saturated carbocycles. The Morgan fingerprint density at radius 3 is 2.32 bits per heavy atom. The SMILES string of the molecule is Cc1ccc(S(=O)(=O)OCC(O)(CC(C)(C)c2cccc3c2OCO3)C(F)(F)F)cc1. The van der Waals surface area contributed by atoms with Crippen LogP contribution in [0.5, 0.6) is 11.5 Å². The molecule has 1 heterocycles. The number of para-hydroxylation sites is 1. The molecule has 170 valence electrons. The van der Waals surface area contributed by atoms with Crippen LogP contribution in [0.15, 0.2) is 47.4 Å². The van der Waals surface area contributed by atoms with Gasteiger partial charge in [0.15, 0.2) is 17.1 Å². The third kappa shape index (κ3) is 4.81. The van der Waals surface area contributed by atoms with Gasteiger partial charge in [-0.1, -0.05) is 43.7 Å². The summed E-state index contributed by atoms with van der Waals surface area (Å²) in [7, 11) is -4.50. The molecule has 0 fully saturated rings. The van der Waals surface area contributed by atoms with Crippen molar-refractivity contribution in [3.8, 4) is 11.5 Å². The lowest BCUT2D eigenvalue weighted by atomic mass is 9.74. The molecule has 3 rings (SSSR count). The van der Waals surface area contributed by atoms with Crippen LogP contribution in [-0.2, 0) is 19.7 Å². The van der Waals surface area contributed by atoms with Crippen LogP contribution >= 0.6 is 0 Å². The van der Waals surface area contributed by atoms with Gasteiger partial charge in [-0.15, -0.1) is 0 Å². The fourth-order valence-corrected chi connectivity index (χ4v) is 4.43. The molecule has 0 bridgehead atoms. The van der Waals surface area contributed by atoms with E-state index in [4.69, 9.17) is 9.47 Å². The number of aryl methyl sites for hydroxylation is 1. The lowest BCUT2D eigenvalue weighted by Crippen LogP contribution is -2.52. The van der Waals surface area contributed by atoms with Crippen molar-refractivity contribution in [1.29, 1.82) is 0 Å². The molecule has 1 aliphatic heterocycles. The first-order valence-electron chi connectivity index (χ1n) is 9.39. The van der Waals surface area contributed by atoms with Crippen LogP contribution in [0.25, 0.3) is 0 Å². The Morgan fingerprint density at radius 2 is 1.71 bits per heavy atom. The van der Waals surface area contributed by atoms with Gasteiger partial charge in [0.25, 0.3) is 10.1 Å². The van der Waals surface area contributed by atoms with Crippen molar-refractivity contribution in [3.63, 3.8) is 0 Å². The molecule has 1 unspecified atom stereocenters. The summed E-state index contributed by atoms with van der Waals surface area (Å²) in [4.78, 5) is -0.298. The first kappa shape index (κ1) is 23.4. The molecule has 0 radical (unpaired) electrons. The molecule has 2 aromatic carbocycles. The quantitative estimate of drug-likeness (QED) is 0.627. The fraction of sp³-hybridized carbons (Fsp3) is 0.429. The van der Waals surface area contributed by atoms with Gasteiger partial charge >= 0.3 is 6.18 Å². The topological polar surface area (TPSA) is 82.1 Å². The highest BCUT2D eigenvalue weighted by atomic mass is 32.2. The van der Waals surface area contributed by atoms with Crippen molar-refractivity contribution >= 4 is 10.1 Å². The lowest BCUT2D eigenvalue weighted by Gasteiger charge is -2.37. The second-order valence-electron chi connectivity index (χ2n) is 8.16. The summed E-state index contributed by atoms with van der Waals surface area (Å²) in [6.45, 7) is 3.17. The van der Waals surface area contributed by atoms with Crippen molar-refractivity contribution in [2.45, 2.75) is 49.3 Å². The van der Waals surface area contributed by atoms with Gasteiger partial charge < -0.3 is 14.6 Å². The summed E-state index contributed by atoms with van der Waals surface area (Å²) in [5.41, 5.74) is -3.53. The monoisotopic (exact) mass is 460 g/mol. The molecule has 1 aliphatic rings. The van der Waals surface area contributed by atoms with Crippen LogP contribution in [0.2, 0.25) is 0 Å². The molecule has 10 heteroatoms. The van der Waals surface area contributed by atoms with Gasteiger partial charge in [-0.2, -0.15) is 21.6 Å². The van der Waals surface area contributed by atoms with E-state index < -0.39 is 40.3 Å². The highest BCUT2D eigenvalue weighted by Crippen LogP contribution is 2.47. The van der Waals surface area contributed by atoms with E-state index in [9.17, 15) is 26.7 Å². The fourth-order valence-electron chi connectivity index (χ4n) is 3.47. The van der Waals surface area contributed by atoms with Crippen LogP contribution in [0.3, 0.4) is 0 Å². The zero-order valence-electron chi connectivity index (χ0n) is 17.2. The van der Waals surface area contributed by atoms with Crippen molar-refractivity contribution in [1.82, 2.24) is 0 Å². The van der Waals surface area contributed by atoms with E-state index in [-0.39, 0.29) is 11.7 Å². The number of hydrogen-bond acceptors (Lipinski definition) is 6. The summed E-state index contributed by atoms with van der Waals surface area (Å²) in [6.07, 6.45) is -6.02. The van der Waals surface area contributed by atoms with Crippen LogP contribution in [0.4, 0.5) is 13.2 Å². The van der Waals surface area contributed by atoms with Crippen LogP contribution in [-0.4, -0.2) is 38.7 Å². The van der Waals surface area contributed by atoms with Gasteiger partial charge in [-0.3, -0.25) is 4.18 Å². The van der Waals surface area contributed by atoms with Crippen molar-refractivity contribution in [2.75, 3.05) is 13.4 Å². The number of ether oxygens (including phenoxy) is 2. The molecule has 0 amide bonds. The Morgan fingerprint density at radius 1 is 1.06 bits per heavy atom. The highest BCUT2D eigenvalue weighted by Gasteiger charge is 2.57. The lowest BCUT2D eigenvalue weighted by molar-refractivity contribution is -0.274. The molecule has 2 aromatic rings. The van der Waals surface area contributed by atoms with E-state index >= 15 is 0 Å². The molecule has 0 spiro atoms. The van der Waals surface area contributed by atoms with Crippen molar-refractivity contribution < 1.29 is 40.4 Å². The van der Waals surface area contributed by atoms with Gasteiger partial charge in [0.2, 0.25) is 6.79 Å². The Bertz CT molecular complexity index is 1050. The molecular weight excluding hydrogens is 437 g/mol. The van der Waals surface area contributed by atoms with Crippen LogP contribution < -0.4 is 9.47 Å². The van der Waals surface area contributed by atoms with Crippen molar-refractivity contribution in [2.24, 2.45) is 0 Å². The van der Waals surface area contributed by atoms with E-state index in [0.29, 0.717) is 17.1 Å². The summed E-state index contributed by atoms with van der Waals surface area (Å²) in [6, 6.07) is 10.2. The zero-order chi connectivity index (χ0) is 23.1. The number of benzene rings is 2. The minimum atomic E-state index is -5.15. The maximum atomic E-state index is 13.9. The predicted octanol–water partition coefficient (Wildman–Crippen LogP) is 4.09. The minimum absolute atomic E-state index is 0.0656. The third-order valence-corrected chi connectivity index (χ3v) is 6.43. The van der Waals surface area contributed by atoms with E-state index in [1.807, 2.05) is 0 Å². The maximum absolute atomic E-state index is 13.9. The largest absolute Gasteiger partial charge is 0.454 e. The van der Waals surface area contributed by atoms with Crippen LogP contribution in [0, 0.1) is 6.92 Å². The highest BCUT2D eigenvalue weighted by molar-refractivity contribution is 7.86. The van der Waals surface area contributed by atoms with Gasteiger partial charge in [-0.25, -0.2) is 0 Å². The number of fused-ring (bicyclic) bond motifs is 1. The smallest absolute Gasteiger partial charge is 0.419 e. The number of hydrogen-bond donors (Lipinski definition) is 1. The normalized spacial score (nSPS) is 16.2. The summed E-state index contributed by atoms with van der Waals surface area (Å²) >= 11 is 0. The maximum Gasteiger partial charge on any atom is 0.419 e. The molecule has 6 nitrogen and oxygen atoms in total. The molecule has 0 aliphatic carbocycles. The summed E-state index contributed by atoms with van der Waals surface area (Å²) in [5, 5.41) is 10.6. The summed E-state index contributed by atoms with van der Waals surface area (Å²) < 4.78 is 81.7. The second-order valence-corrected chi connectivity index (χ2v) is 9.77. The number of rotatable bonds is 7. The van der Waals surface area contributed by atoms with Gasteiger partial charge in [0.1, 0.15) is 6.61 Å². The van der Waals surface area contributed by atoms with E-state index in [1.165, 1.54) is 38.1 Å². The standard InChI is InChI=1S/C21H23F3O6S/c1-14-7-9-15(10-8-14)31(26,27)30-12-20(25,21(22,23)24)11-19(2,3)16-5-4-6-17-18(16)29-13-28-17/h4-10,25H,11-13H2,1-3H3. The average Bonchev–Trinajstić information content (AvgIpc) is 3.14. The first-order chi connectivity index (χ1) is 14.3. The molecule has 0 aromatic heterocycles. The Kier molecular flexibility index (Phi) is 6.03. The average molecular weight is 460 g/mol. The molecule has 1 N–H and O–H groups in total. The van der Waals surface area contributed by atoms with Gasteiger partial charge in [-0.05, 0) is 37.0 Å². The Hall–Kier alpha value is -2.30. The molecular formula is C21H23F3O6S. The second kappa shape index (κ2) is 7.99. The van der Waals surface area contributed by atoms with E-state index in [2.05, 4.69) is 4.18 Å². The third-order valence-electron chi connectivity index (χ3n) is 5.15. The molecule has 0 saturated heterocycles. The number of aliphatic hydroxyl groups is 1. The predicted molar refractivity (Wildman–Crippen MR) is 106 cm³/mol. The van der Waals surface area contributed by atoms with Crippen molar-refractivity contribution in [3.05, 3.63) is 53.6 Å². The zero-order valence-corrected chi connectivity index (χ0v) is 18.0. The van der Waals surface area contributed by atoms with Crippen LogP contribution in [0.1, 0.15) is 31.4 Å². The van der Waals surface area contributed by atoms with Gasteiger partial charge in [0.05, 0.1) is 4.90 Å². The minimum Gasteiger partial charge on any atom is -0.454 e. The van der Waals surface area contributed by atoms with E-state index in [1.54, 1.807) is 25.1 Å². The first-order valence-corrected chi connectivity index (χ1v) is 10.8. The molecule has 1 atom stereocenters. The Balaban J connectivity index is 1.87. The number of halogens is 3. The number of alkyl halides is 3. The van der Waals surface area contributed by atoms with Gasteiger partial charge in [0, 0.05) is 5.56 Å². The van der Waals surface area contributed by atoms with E-state index in [0.717, 1.165) is 5.56 Å². The Labute approximate surface area is 178 Å². The molecule has 31 heavy (non-hydrogen) atoms.